The third-order valence-electron chi connectivity index (χ3n) is 4.36. The molecule has 4 atom stereocenters. The molecule has 1 fully saturated rings. The van der Waals surface area contributed by atoms with Crippen LogP contribution in [0, 0.1) is 5.92 Å². The van der Waals surface area contributed by atoms with Crippen molar-refractivity contribution < 1.29 is 19.5 Å². The Hall–Kier alpha value is -1.55. The fraction of sp³-hybridized carbons (Fsp3) is 0.824. The second-order valence-corrected chi connectivity index (χ2v) is 7.24. The Labute approximate surface area is 155 Å². The summed E-state index contributed by atoms with van der Waals surface area (Å²) in [6.07, 6.45) is -1.11. The summed E-state index contributed by atoms with van der Waals surface area (Å²) in [5.41, 5.74) is 5.48. The number of hydrogen-bond acceptors (Lipinski definition) is 7. The minimum atomic E-state index is -1.15. The number of rotatable bonds is 9. The Balaban J connectivity index is 2.79. The molecule has 0 radical (unpaired) electrons. The number of aliphatic hydroxyl groups is 1. The highest BCUT2D eigenvalue weighted by molar-refractivity contribution is 5.93. The van der Waals surface area contributed by atoms with Gasteiger partial charge in [-0.15, -0.1) is 0 Å². The van der Waals surface area contributed by atoms with Crippen LogP contribution in [0.15, 0.2) is 0 Å². The van der Waals surface area contributed by atoms with E-state index in [1.165, 1.54) is 13.8 Å². The number of carbonyl (C=O) groups is 3. The van der Waals surface area contributed by atoms with E-state index in [1.807, 2.05) is 0 Å². The molecule has 0 aromatic carbocycles. The average molecular weight is 371 g/mol. The first-order valence-electron chi connectivity index (χ1n) is 9.11. The topological polar surface area (TPSA) is 137 Å². The number of ketones is 1. The molecule has 0 aliphatic carbocycles. The van der Waals surface area contributed by atoms with Crippen LogP contribution in [0.3, 0.4) is 0 Å². The van der Waals surface area contributed by atoms with E-state index in [-0.39, 0.29) is 18.2 Å². The molecule has 1 heterocycles. The van der Waals surface area contributed by atoms with Crippen molar-refractivity contribution in [1.29, 1.82) is 0 Å². The Kier molecular flexibility index (Phi) is 9.14. The summed E-state index contributed by atoms with van der Waals surface area (Å²) < 4.78 is 0. The number of piperazine rings is 1. The molecular formula is C17H33N5O4. The third kappa shape index (κ3) is 6.64. The van der Waals surface area contributed by atoms with Crippen LogP contribution in [0.4, 0.5) is 0 Å². The zero-order chi connectivity index (χ0) is 19.9. The van der Waals surface area contributed by atoms with Gasteiger partial charge in [-0.25, -0.2) is 0 Å². The fourth-order valence-corrected chi connectivity index (χ4v) is 2.94. The maximum Gasteiger partial charge on any atom is 0.245 e. The second kappa shape index (κ2) is 10.6. The molecule has 150 valence electrons. The van der Waals surface area contributed by atoms with E-state index in [0.29, 0.717) is 12.5 Å². The first-order chi connectivity index (χ1) is 12.2. The SMILES string of the molecule is CC(=O)[C@H](CN)NC(=O)[C@@H](NC(=O)[C@@H]1CNCCN1CC(C)C)[C@H](C)O. The molecule has 0 spiro atoms. The van der Waals surface area contributed by atoms with E-state index < -0.39 is 30.1 Å². The molecule has 2 amide bonds. The molecular weight excluding hydrogens is 338 g/mol. The predicted molar refractivity (Wildman–Crippen MR) is 98.3 cm³/mol. The van der Waals surface area contributed by atoms with Gasteiger partial charge < -0.3 is 26.8 Å². The quantitative estimate of drug-likeness (QED) is 0.311. The number of hydrogen-bond donors (Lipinski definition) is 5. The van der Waals surface area contributed by atoms with Gasteiger partial charge in [-0.05, 0) is 19.8 Å². The molecule has 1 aliphatic heterocycles. The zero-order valence-corrected chi connectivity index (χ0v) is 16.1. The van der Waals surface area contributed by atoms with Crippen LogP contribution >= 0.6 is 0 Å². The molecule has 0 unspecified atom stereocenters. The minimum absolute atomic E-state index is 0.0454. The second-order valence-electron chi connectivity index (χ2n) is 7.24. The Morgan fingerprint density at radius 2 is 1.92 bits per heavy atom. The lowest BCUT2D eigenvalue weighted by molar-refractivity contribution is -0.136. The van der Waals surface area contributed by atoms with Crippen molar-refractivity contribution in [3.05, 3.63) is 0 Å². The molecule has 0 aromatic heterocycles. The lowest BCUT2D eigenvalue weighted by Gasteiger charge is -2.37. The van der Waals surface area contributed by atoms with Crippen LogP contribution in [-0.4, -0.2) is 84.6 Å². The lowest BCUT2D eigenvalue weighted by Crippen LogP contribution is -2.63. The van der Waals surface area contributed by atoms with Crippen molar-refractivity contribution in [3.63, 3.8) is 0 Å². The van der Waals surface area contributed by atoms with Gasteiger partial charge in [0, 0.05) is 32.7 Å². The van der Waals surface area contributed by atoms with E-state index in [1.54, 1.807) is 0 Å². The van der Waals surface area contributed by atoms with Crippen molar-refractivity contribution in [1.82, 2.24) is 20.9 Å². The van der Waals surface area contributed by atoms with Gasteiger partial charge in [0.1, 0.15) is 12.1 Å². The number of Topliss-reactive ketones (excluding diaryl/α,β-unsaturated/α-hetero) is 1. The number of amides is 2. The van der Waals surface area contributed by atoms with E-state index >= 15 is 0 Å². The molecule has 9 heteroatoms. The summed E-state index contributed by atoms with van der Waals surface area (Å²) in [5.74, 6) is -0.833. The molecule has 1 rings (SSSR count). The summed E-state index contributed by atoms with van der Waals surface area (Å²) in [7, 11) is 0. The molecule has 26 heavy (non-hydrogen) atoms. The van der Waals surface area contributed by atoms with Crippen LogP contribution in [0.2, 0.25) is 0 Å². The number of nitrogens with zero attached hydrogens (tertiary/aromatic N) is 1. The standard InChI is InChI=1S/C17H33N5O4/c1-10(2)9-22-6-5-19-8-14(22)16(25)21-15(12(4)24)17(26)20-13(7-18)11(3)23/h10,12-15,19,24H,5-9,18H2,1-4H3,(H,20,26)(H,21,25)/t12-,13-,14-,15-/m0/s1. The largest absolute Gasteiger partial charge is 0.391 e. The zero-order valence-electron chi connectivity index (χ0n) is 16.1. The summed E-state index contributed by atoms with van der Waals surface area (Å²) in [6.45, 7) is 9.64. The molecule has 9 nitrogen and oxygen atoms in total. The third-order valence-corrected chi connectivity index (χ3v) is 4.36. The Bertz CT molecular complexity index is 498. The van der Waals surface area contributed by atoms with Crippen LogP contribution in [0.5, 0.6) is 0 Å². The van der Waals surface area contributed by atoms with Crippen LogP contribution in [0.1, 0.15) is 27.7 Å². The van der Waals surface area contributed by atoms with E-state index in [0.717, 1.165) is 19.6 Å². The molecule has 0 bridgehead atoms. The fourth-order valence-electron chi connectivity index (χ4n) is 2.94. The normalized spacial score (nSPS) is 21.7. The highest BCUT2D eigenvalue weighted by Gasteiger charge is 2.34. The average Bonchev–Trinajstić information content (AvgIpc) is 2.56. The van der Waals surface area contributed by atoms with Gasteiger partial charge >= 0.3 is 0 Å². The van der Waals surface area contributed by atoms with Crippen molar-refractivity contribution in [2.45, 2.75) is 51.9 Å². The monoisotopic (exact) mass is 371 g/mol. The van der Waals surface area contributed by atoms with Gasteiger partial charge in [-0.3, -0.25) is 19.3 Å². The van der Waals surface area contributed by atoms with Gasteiger partial charge in [0.2, 0.25) is 11.8 Å². The van der Waals surface area contributed by atoms with Crippen molar-refractivity contribution in [3.8, 4) is 0 Å². The van der Waals surface area contributed by atoms with Crippen molar-refractivity contribution >= 4 is 17.6 Å². The number of nitrogens with one attached hydrogen (secondary N) is 3. The van der Waals surface area contributed by atoms with Gasteiger partial charge in [0.05, 0.1) is 12.1 Å². The minimum Gasteiger partial charge on any atom is -0.391 e. The van der Waals surface area contributed by atoms with Crippen molar-refractivity contribution in [2.24, 2.45) is 11.7 Å². The number of nitrogens with two attached hydrogens (primary N) is 1. The summed E-state index contributed by atoms with van der Waals surface area (Å²) in [6, 6.07) is -2.41. The molecule has 1 aliphatic rings. The Morgan fingerprint density at radius 3 is 2.42 bits per heavy atom. The summed E-state index contributed by atoms with van der Waals surface area (Å²) in [5, 5.41) is 18.2. The van der Waals surface area contributed by atoms with E-state index in [9.17, 15) is 19.5 Å². The smallest absolute Gasteiger partial charge is 0.245 e. The first kappa shape index (κ1) is 22.5. The lowest BCUT2D eigenvalue weighted by atomic mass is 10.1. The highest BCUT2D eigenvalue weighted by atomic mass is 16.3. The van der Waals surface area contributed by atoms with Gasteiger partial charge in [-0.1, -0.05) is 13.8 Å². The van der Waals surface area contributed by atoms with Gasteiger partial charge in [-0.2, -0.15) is 0 Å². The van der Waals surface area contributed by atoms with Crippen LogP contribution in [0.25, 0.3) is 0 Å². The molecule has 0 aromatic rings. The molecule has 0 saturated carbocycles. The van der Waals surface area contributed by atoms with Crippen LogP contribution < -0.4 is 21.7 Å². The maximum absolute atomic E-state index is 12.7. The van der Waals surface area contributed by atoms with Gasteiger partial charge in [0.25, 0.3) is 0 Å². The summed E-state index contributed by atoms with van der Waals surface area (Å²) >= 11 is 0. The van der Waals surface area contributed by atoms with Crippen LogP contribution in [-0.2, 0) is 14.4 Å². The molecule has 1 saturated heterocycles. The maximum atomic E-state index is 12.7. The van der Waals surface area contributed by atoms with Gasteiger partial charge in [0.15, 0.2) is 5.78 Å². The van der Waals surface area contributed by atoms with E-state index in [2.05, 4.69) is 34.7 Å². The first-order valence-corrected chi connectivity index (χ1v) is 9.11. The highest BCUT2D eigenvalue weighted by Crippen LogP contribution is 2.08. The van der Waals surface area contributed by atoms with Crippen molar-refractivity contribution in [2.75, 3.05) is 32.7 Å². The Morgan fingerprint density at radius 1 is 1.27 bits per heavy atom. The predicted octanol–water partition coefficient (Wildman–Crippen LogP) is -2.19. The number of carbonyl (C=O) groups excluding carboxylic acids is 3. The number of aliphatic hydroxyl groups excluding tert-OH is 1. The molecule has 6 N–H and O–H groups in total. The summed E-state index contributed by atoms with van der Waals surface area (Å²) in [4.78, 5) is 38.7. The van der Waals surface area contributed by atoms with E-state index in [4.69, 9.17) is 5.73 Å².